The molecular weight excluding hydrogens is 352 g/mol. The first-order chi connectivity index (χ1) is 13.6. The lowest BCUT2D eigenvalue weighted by Gasteiger charge is -2.32. The van der Waals surface area contributed by atoms with E-state index in [-0.39, 0.29) is 0 Å². The Bertz CT molecular complexity index is 841. The van der Waals surface area contributed by atoms with Gasteiger partial charge in [0, 0.05) is 26.7 Å². The van der Waals surface area contributed by atoms with Gasteiger partial charge in [0.2, 0.25) is 0 Å². The van der Waals surface area contributed by atoms with Crippen LogP contribution in [0.4, 0.5) is 0 Å². The molecule has 1 aromatic heterocycles. The van der Waals surface area contributed by atoms with E-state index >= 15 is 0 Å². The minimum absolute atomic E-state index is 0.490. The van der Waals surface area contributed by atoms with Crippen LogP contribution in [0.1, 0.15) is 36.1 Å². The van der Waals surface area contributed by atoms with Crippen molar-refractivity contribution in [2.24, 2.45) is 12.0 Å². The molecule has 150 valence electrons. The minimum atomic E-state index is 0.490. The highest BCUT2D eigenvalue weighted by Gasteiger charge is 2.20. The van der Waals surface area contributed by atoms with Crippen molar-refractivity contribution in [3.05, 3.63) is 53.6 Å². The standard InChI is InChI=1S/C21H30N6O/c1-5-10-22-21(23-14-20-25-24-16(3)26(20)4)27-11-9-17-13-19(28-12-6-2)8-7-18(17)15-27/h5,7-8,13H,1,6,9-12,14-15H2,2-4H3,(H,22,23). The molecule has 0 saturated heterocycles. The summed E-state index contributed by atoms with van der Waals surface area (Å²) in [6.07, 6.45) is 3.83. The molecule has 0 atom stereocenters. The van der Waals surface area contributed by atoms with Gasteiger partial charge in [-0.3, -0.25) is 0 Å². The Balaban J connectivity index is 1.73. The summed E-state index contributed by atoms with van der Waals surface area (Å²) in [6, 6.07) is 6.41. The van der Waals surface area contributed by atoms with Crippen molar-refractivity contribution in [2.75, 3.05) is 19.7 Å². The molecule has 0 bridgehead atoms. The molecule has 0 fully saturated rings. The van der Waals surface area contributed by atoms with Crippen LogP contribution in [0.2, 0.25) is 0 Å². The summed E-state index contributed by atoms with van der Waals surface area (Å²) in [4.78, 5) is 7.08. The zero-order valence-corrected chi connectivity index (χ0v) is 17.1. The SMILES string of the molecule is C=CCNC(=NCc1nnc(C)n1C)N1CCc2cc(OCCC)ccc2C1. The van der Waals surface area contributed by atoms with Crippen LogP contribution in [0.25, 0.3) is 0 Å². The van der Waals surface area contributed by atoms with Gasteiger partial charge < -0.3 is 19.5 Å². The minimum Gasteiger partial charge on any atom is -0.494 e. The van der Waals surface area contributed by atoms with Crippen LogP contribution in [0.15, 0.2) is 35.8 Å². The second kappa shape index (κ2) is 9.39. The largest absolute Gasteiger partial charge is 0.494 e. The van der Waals surface area contributed by atoms with E-state index in [1.54, 1.807) is 0 Å². The van der Waals surface area contributed by atoms with Gasteiger partial charge in [0.25, 0.3) is 0 Å². The molecule has 0 saturated carbocycles. The Morgan fingerprint density at radius 2 is 2.21 bits per heavy atom. The molecule has 1 aliphatic rings. The van der Waals surface area contributed by atoms with E-state index in [9.17, 15) is 0 Å². The molecule has 1 aliphatic heterocycles. The molecule has 1 aromatic carbocycles. The summed E-state index contributed by atoms with van der Waals surface area (Å²) < 4.78 is 7.74. The predicted octanol–water partition coefficient (Wildman–Crippen LogP) is 2.60. The first kappa shape index (κ1) is 19.9. The molecule has 0 radical (unpaired) electrons. The van der Waals surface area contributed by atoms with Gasteiger partial charge in [-0.2, -0.15) is 0 Å². The van der Waals surface area contributed by atoms with E-state index < -0.39 is 0 Å². The molecule has 2 heterocycles. The zero-order chi connectivity index (χ0) is 19.9. The van der Waals surface area contributed by atoms with Crippen LogP contribution >= 0.6 is 0 Å². The predicted molar refractivity (Wildman–Crippen MR) is 111 cm³/mol. The molecule has 0 unspecified atom stereocenters. The zero-order valence-electron chi connectivity index (χ0n) is 17.1. The fraction of sp³-hybridized carbons (Fsp3) is 0.476. The summed E-state index contributed by atoms with van der Waals surface area (Å²) in [5, 5.41) is 11.7. The number of aromatic nitrogens is 3. The number of hydrogen-bond acceptors (Lipinski definition) is 4. The van der Waals surface area contributed by atoms with Crippen molar-refractivity contribution in [3.63, 3.8) is 0 Å². The summed E-state index contributed by atoms with van der Waals surface area (Å²) in [6.45, 7) is 11.5. The van der Waals surface area contributed by atoms with Crippen molar-refractivity contribution in [1.82, 2.24) is 25.0 Å². The maximum absolute atomic E-state index is 5.77. The molecular formula is C21H30N6O. The number of benzene rings is 1. The van der Waals surface area contributed by atoms with Crippen molar-refractivity contribution < 1.29 is 4.74 Å². The highest BCUT2D eigenvalue weighted by atomic mass is 16.5. The van der Waals surface area contributed by atoms with Gasteiger partial charge in [0.05, 0.1) is 6.61 Å². The molecule has 1 N–H and O–H groups in total. The van der Waals surface area contributed by atoms with Gasteiger partial charge in [-0.05, 0) is 43.0 Å². The quantitative estimate of drug-likeness (QED) is 0.453. The van der Waals surface area contributed by atoms with Gasteiger partial charge in [0.1, 0.15) is 18.1 Å². The lowest BCUT2D eigenvalue weighted by molar-refractivity contribution is 0.315. The lowest BCUT2D eigenvalue weighted by atomic mass is 9.99. The van der Waals surface area contributed by atoms with Crippen molar-refractivity contribution >= 4 is 5.96 Å². The third-order valence-electron chi connectivity index (χ3n) is 4.92. The van der Waals surface area contributed by atoms with Gasteiger partial charge >= 0.3 is 0 Å². The maximum Gasteiger partial charge on any atom is 0.194 e. The van der Waals surface area contributed by atoms with Crippen LogP contribution in [0.3, 0.4) is 0 Å². The van der Waals surface area contributed by atoms with E-state index in [1.165, 1.54) is 11.1 Å². The van der Waals surface area contributed by atoms with Gasteiger partial charge in [-0.15, -0.1) is 16.8 Å². The highest BCUT2D eigenvalue weighted by Crippen LogP contribution is 2.24. The van der Waals surface area contributed by atoms with Crippen LogP contribution in [0, 0.1) is 6.92 Å². The summed E-state index contributed by atoms with van der Waals surface area (Å²) in [5.41, 5.74) is 2.68. The second-order valence-corrected chi connectivity index (χ2v) is 6.98. The summed E-state index contributed by atoms with van der Waals surface area (Å²) in [5.74, 6) is 3.58. The molecule has 2 aromatic rings. The number of hydrogen-bond donors (Lipinski definition) is 1. The van der Waals surface area contributed by atoms with Gasteiger partial charge in [-0.25, -0.2) is 4.99 Å². The lowest BCUT2D eigenvalue weighted by Crippen LogP contribution is -2.44. The number of rotatable bonds is 7. The summed E-state index contributed by atoms with van der Waals surface area (Å²) in [7, 11) is 1.96. The van der Waals surface area contributed by atoms with E-state index in [1.807, 2.05) is 24.6 Å². The molecule has 0 spiro atoms. The third kappa shape index (κ3) is 4.71. The van der Waals surface area contributed by atoms with E-state index in [0.717, 1.165) is 55.9 Å². The number of aliphatic imine (C=N–C) groups is 1. The van der Waals surface area contributed by atoms with E-state index in [0.29, 0.717) is 13.1 Å². The van der Waals surface area contributed by atoms with Crippen molar-refractivity contribution in [1.29, 1.82) is 0 Å². The normalized spacial score (nSPS) is 14.0. The van der Waals surface area contributed by atoms with Crippen LogP contribution in [0.5, 0.6) is 5.75 Å². The number of fused-ring (bicyclic) bond motifs is 1. The third-order valence-corrected chi connectivity index (χ3v) is 4.92. The van der Waals surface area contributed by atoms with Gasteiger partial charge in [-0.1, -0.05) is 19.1 Å². The molecule has 0 amide bonds. The smallest absolute Gasteiger partial charge is 0.194 e. The van der Waals surface area contributed by atoms with Crippen molar-refractivity contribution in [3.8, 4) is 5.75 Å². The Kier molecular flexibility index (Phi) is 6.68. The van der Waals surface area contributed by atoms with Crippen LogP contribution in [-0.4, -0.2) is 45.3 Å². The molecule has 7 heteroatoms. The molecule has 3 rings (SSSR count). The first-order valence-corrected chi connectivity index (χ1v) is 9.86. The Hall–Kier alpha value is -2.83. The number of nitrogens with one attached hydrogen (secondary N) is 1. The van der Waals surface area contributed by atoms with E-state index in [4.69, 9.17) is 9.73 Å². The van der Waals surface area contributed by atoms with Crippen LogP contribution in [-0.2, 0) is 26.6 Å². The second-order valence-electron chi connectivity index (χ2n) is 6.98. The maximum atomic E-state index is 5.77. The van der Waals surface area contributed by atoms with Gasteiger partial charge in [0.15, 0.2) is 11.8 Å². The number of guanidine groups is 1. The highest BCUT2D eigenvalue weighted by molar-refractivity contribution is 5.80. The average molecular weight is 383 g/mol. The fourth-order valence-corrected chi connectivity index (χ4v) is 3.19. The fourth-order valence-electron chi connectivity index (χ4n) is 3.19. The molecule has 28 heavy (non-hydrogen) atoms. The van der Waals surface area contributed by atoms with E-state index in [2.05, 4.69) is 52.1 Å². The Labute approximate surface area is 167 Å². The molecule has 7 nitrogen and oxygen atoms in total. The molecule has 0 aliphatic carbocycles. The summed E-state index contributed by atoms with van der Waals surface area (Å²) >= 11 is 0. The topological polar surface area (TPSA) is 67.6 Å². The monoisotopic (exact) mass is 382 g/mol. The van der Waals surface area contributed by atoms with Crippen LogP contribution < -0.4 is 10.1 Å². The average Bonchev–Trinajstić information content (AvgIpc) is 3.04. The Morgan fingerprint density at radius 1 is 1.36 bits per heavy atom. The number of aryl methyl sites for hydroxylation is 1. The number of ether oxygens (including phenoxy) is 1. The number of nitrogens with zero attached hydrogens (tertiary/aromatic N) is 5. The first-order valence-electron chi connectivity index (χ1n) is 9.86. The van der Waals surface area contributed by atoms with Crippen molar-refractivity contribution in [2.45, 2.75) is 39.8 Å². The Morgan fingerprint density at radius 3 is 2.93 bits per heavy atom.